The summed E-state index contributed by atoms with van der Waals surface area (Å²) in [6, 6.07) is 3.21. The average Bonchev–Trinajstić information content (AvgIpc) is 2.59. The van der Waals surface area contributed by atoms with Crippen LogP contribution in [0, 0.1) is 0 Å². The molecule has 7 heteroatoms. The van der Waals surface area contributed by atoms with Crippen LogP contribution >= 0.6 is 0 Å². The third-order valence-corrected chi connectivity index (χ3v) is 3.42. The third-order valence-electron chi connectivity index (χ3n) is 3.42. The van der Waals surface area contributed by atoms with Crippen LogP contribution in [0.3, 0.4) is 0 Å². The van der Waals surface area contributed by atoms with Crippen LogP contribution < -0.4 is 0 Å². The Kier molecular flexibility index (Phi) is 4.93. The molecular weight excluding hydrogens is 312 g/mol. The molecule has 7 nitrogen and oxygen atoms in total. The fourth-order valence-corrected chi connectivity index (χ4v) is 2.24. The van der Waals surface area contributed by atoms with Crippen LogP contribution in [0.2, 0.25) is 0 Å². The number of allylic oxidation sites excluding steroid dienone is 2. The molecule has 0 aliphatic rings. The summed E-state index contributed by atoms with van der Waals surface area (Å²) < 4.78 is 0. The molecule has 1 aromatic carbocycles. The van der Waals surface area contributed by atoms with Crippen molar-refractivity contribution >= 4 is 11.8 Å². The minimum absolute atomic E-state index is 0.114. The van der Waals surface area contributed by atoms with E-state index < -0.39 is 28.7 Å². The maximum absolute atomic E-state index is 9.93. The molecule has 24 heavy (non-hydrogen) atoms. The van der Waals surface area contributed by atoms with Gasteiger partial charge in [0, 0.05) is 25.0 Å². The largest absolute Gasteiger partial charge is 0.504 e. The summed E-state index contributed by atoms with van der Waals surface area (Å²) in [6.07, 6.45) is 5.98. The Bertz CT molecular complexity index is 782. The number of aliphatic imine (C=N–C) groups is 1. The number of aromatic hydroxyl groups is 5. The first-order valence-corrected chi connectivity index (χ1v) is 7.20. The highest BCUT2D eigenvalue weighted by molar-refractivity contribution is 6.09. The van der Waals surface area contributed by atoms with Crippen molar-refractivity contribution in [3.05, 3.63) is 30.0 Å². The Hall–Kier alpha value is -3.22. The maximum atomic E-state index is 9.93. The zero-order valence-electron chi connectivity index (χ0n) is 13.2. The lowest BCUT2D eigenvalue weighted by molar-refractivity contribution is 0.330. The van der Waals surface area contributed by atoms with Crippen molar-refractivity contribution in [1.82, 2.24) is 4.98 Å². The van der Waals surface area contributed by atoms with E-state index in [9.17, 15) is 25.5 Å². The van der Waals surface area contributed by atoms with Crippen molar-refractivity contribution in [2.45, 2.75) is 13.3 Å². The monoisotopic (exact) mass is 330 g/mol. The van der Waals surface area contributed by atoms with Gasteiger partial charge in [0.1, 0.15) is 0 Å². The summed E-state index contributed by atoms with van der Waals surface area (Å²) in [5.74, 6) is -4.42. The van der Waals surface area contributed by atoms with E-state index in [0.717, 1.165) is 17.6 Å². The number of phenols is 5. The number of aromatic nitrogens is 1. The number of hydrogen-bond donors (Lipinski definition) is 5. The third kappa shape index (κ3) is 2.96. The molecule has 0 spiro atoms. The smallest absolute Gasteiger partial charge is 0.208 e. The van der Waals surface area contributed by atoms with E-state index >= 15 is 0 Å². The zero-order chi connectivity index (χ0) is 17.9. The van der Waals surface area contributed by atoms with E-state index in [1.807, 2.05) is 13.0 Å². The molecule has 0 atom stereocenters. The van der Waals surface area contributed by atoms with Gasteiger partial charge in [-0.25, -0.2) is 0 Å². The van der Waals surface area contributed by atoms with Gasteiger partial charge in [-0.3, -0.25) is 9.98 Å². The predicted molar refractivity (Wildman–Crippen MR) is 90.7 cm³/mol. The van der Waals surface area contributed by atoms with Gasteiger partial charge in [-0.2, -0.15) is 0 Å². The summed E-state index contributed by atoms with van der Waals surface area (Å²) in [5.41, 5.74) is 1.48. The summed E-state index contributed by atoms with van der Waals surface area (Å²) >= 11 is 0. The summed E-state index contributed by atoms with van der Waals surface area (Å²) in [6.45, 7) is 1.99. The van der Waals surface area contributed by atoms with E-state index in [0.29, 0.717) is 0 Å². The van der Waals surface area contributed by atoms with Crippen molar-refractivity contribution in [3.8, 4) is 40.0 Å². The molecule has 126 valence electrons. The van der Waals surface area contributed by atoms with Crippen LogP contribution in [0.5, 0.6) is 28.7 Å². The van der Waals surface area contributed by atoms with E-state index in [4.69, 9.17) is 0 Å². The van der Waals surface area contributed by atoms with Crippen LogP contribution in [-0.4, -0.2) is 43.8 Å². The highest BCUT2D eigenvalue weighted by Crippen LogP contribution is 2.54. The lowest BCUT2D eigenvalue weighted by atomic mass is 10.0. The van der Waals surface area contributed by atoms with Gasteiger partial charge in [0.2, 0.25) is 17.2 Å². The maximum Gasteiger partial charge on any atom is 0.208 e. The summed E-state index contributed by atoms with van der Waals surface area (Å²) in [4.78, 5) is 8.12. The average molecular weight is 330 g/mol. The van der Waals surface area contributed by atoms with Gasteiger partial charge in [0.15, 0.2) is 11.5 Å². The van der Waals surface area contributed by atoms with Gasteiger partial charge in [0.05, 0.1) is 11.3 Å². The first-order valence-electron chi connectivity index (χ1n) is 7.20. The molecular formula is C17H18N2O5. The number of phenolic OH excluding ortho intramolecular Hbond substituents is 5. The van der Waals surface area contributed by atoms with Crippen LogP contribution in [0.25, 0.3) is 16.8 Å². The fourth-order valence-electron chi connectivity index (χ4n) is 2.24. The van der Waals surface area contributed by atoms with Crippen molar-refractivity contribution < 1.29 is 25.5 Å². The van der Waals surface area contributed by atoms with Crippen LogP contribution in [0.4, 0.5) is 0 Å². The standard InChI is InChI=1S/C17H18N2O5/c1-3-4-9(7-18-2)10-5-6-11(19-8-10)12-13(20)15(22)17(24)16(23)14(12)21/h4-8,20-24H,3H2,1-2H3. The lowest BCUT2D eigenvalue weighted by Crippen LogP contribution is -1.91. The number of hydrogen-bond acceptors (Lipinski definition) is 7. The van der Waals surface area contributed by atoms with Gasteiger partial charge in [0.25, 0.3) is 0 Å². The molecule has 1 aromatic heterocycles. The second-order valence-corrected chi connectivity index (χ2v) is 5.01. The number of benzene rings is 1. The van der Waals surface area contributed by atoms with Gasteiger partial charge < -0.3 is 25.5 Å². The lowest BCUT2D eigenvalue weighted by Gasteiger charge is -2.12. The Morgan fingerprint density at radius 3 is 2.04 bits per heavy atom. The molecule has 0 fully saturated rings. The molecule has 0 aliphatic heterocycles. The molecule has 2 rings (SSSR count). The second-order valence-electron chi connectivity index (χ2n) is 5.01. The fraction of sp³-hybridized carbons (Fsp3) is 0.176. The van der Waals surface area contributed by atoms with Crippen LogP contribution in [0.15, 0.2) is 29.4 Å². The van der Waals surface area contributed by atoms with Gasteiger partial charge in [-0.1, -0.05) is 19.1 Å². The van der Waals surface area contributed by atoms with Crippen molar-refractivity contribution in [2.75, 3.05) is 7.05 Å². The first kappa shape index (κ1) is 17.1. The SMILES string of the molecule is CCC=C(C=NC)c1ccc(-c2c(O)c(O)c(O)c(O)c2O)nc1. The van der Waals surface area contributed by atoms with E-state index in [1.54, 1.807) is 19.3 Å². The van der Waals surface area contributed by atoms with Crippen LogP contribution in [0.1, 0.15) is 18.9 Å². The molecule has 1 heterocycles. The number of nitrogens with zero attached hydrogens (tertiary/aromatic N) is 2. The number of pyridine rings is 1. The van der Waals surface area contributed by atoms with Gasteiger partial charge in [-0.15, -0.1) is 0 Å². The Morgan fingerprint density at radius 2 is 1.58 bits per heavy atom. The molecule has 0 amide bonds. The second kappa shape index (κ2) is 6.91. The quantitative estimate of drug-likeness (QED) is 0.333. The highest BCUT2D eigenvalue weighted by Gasteiger charge is 2.24. The van der Waals surface area contributed by atoms with E-state index in [2.05, 4.69) is 9.98 Å². The Morgan fingerprint density at radius 1 is 1.00 bits per heavy atom. The zero-order valence-corrected chi connectivity index (χ0v) is 13.2. The van der Waals surface area contributed by atoms with E-state index in [-0.39, 0.29) is 11.3 Å². The molecule has 0 unspecified atom stereocenters. The molecule has 0 radical (unpaired) electrons. The highest BCUT2D eigenvalue weighted by atomic mass is 16.4. The molecule has 0 saturated carbocycles. The normalized spacial score (nSPS) is 12.0. The first-order chi connectivity index (χ1) is 11.4. The summed E-state index contributed by atoms with van der Waals surface area (Å²) in [5, 5.41) is 48.5. The topological polar surface area (TPSA) is 126 Å². The minimum Gasteiger partial charge on any atom is -0.504 e. The van der Waals surface area contributed by atoms with Crippen molar-refractivity contribution in [2.24, 2.45) is 4.99 Å². The van der Waals surface area contributed by atoms with Crippen LogP contribution in [-0.2, 0) is 0 Å². The van der Waals surface area contributed by atoms with Gasteiger partial charge >= 0.3 is 0 Å². The minimum atomic E-state index is -1.00. The van der Waals surface area contributed by atoms with Crippen molar-refractivity contribution in [1.29, 1.82) is 0 Å². The molecule has 5 N–H and O–H groups in total. The van der Waals surface area contributed by atoms with Crippen molar-refractivity contribution in [3.63, 3.8) is 0 Å². The predicted octanol–water partition coefficient (Wildman–Crippen LogP) is 2.77. The molecule has 0 bridgehead atoms. The molecule has 2 aromatic rings. The Balaban J connectivity index is 2.55. The Labute approximate surface area is 138 Å². The molecule has 0 saturated heterocycles. The van der Waals surface area contributed by atoms with Gasteiger partial charge in [-0.05, 0) is 18.1 Å². The molecule has 0 aliphatic carbocycles. The summed E-state index contributed by atoms with van der Waals surface area (Å²) in [7, 11) is 1.66. The van der Waals surface area contributed by atoms with E-state index in [1.165, 1.54) is 12.3 Å². The number of rotatable bonds is 4.